The van der Waals surface area contributed by atoms with Crippen LogP contribution in [0.2, 0.25) is 8.73 Å². The molecule has 0 N–H and O–H groups in total. The summed E-state index contributed by atoms with van der Waals surface area (Å²) < 4.78 is 21.5. The van der Waals surface area contributed by atoms with Gasteiger partial charge in [0.05, 0.1) is 0 Å². The number of hydrogen-bond donors (Lipinski definition) is 0. The fourth-order valence-electron chi connectivity index (χ4n) is 4.73. The van der Waals surface area contributed by atoms with E-state index < -0.39 is 46.2 Å². The van der Waals surface area contributed by atoms with Crippen molar-refractivity contribution in [1.82, 2.24) is 0 Å². The molecule has 178 valence electrons. The van der Waals surface area contributed by atoms with Crippen LogP contribution in [0.3, 0.4) is 0 Å². The Morgan fingerprint density at radius 2 is 0.743 bits per heavy atom. The van der Waals surface area contributed by atoms with E-state index in [9.17, 15) is 0 Å². The fourth-order valence-corrected chi connectivity index (χ4v) is 18.7. The molecule has 0 aliphatic carbocycles. The molecular weight excluding hydrogens is 648 g/mol. The summed E-state index contributed by atoms with van der Waals surface area (Å²) in [5.41, 5.74) is 0. The standard InChI is InChI=1S/C7H12O2.4C6H5.2Sb/c1-5-6(2)9-7(3,4)8-5;4*1-2-4-6-5-3-1;;/h5-6H,1-2H2,3-4H3;4*1-5H;;/t5-,6+;;;;;;. The van der Waals surface area contributed by atoms with E-state index in [0.717, 1.165) is 8.73 Å². The van der Waals surface area contributed by atoms with Crippen molar-refractivity contribution in [1.29, 1.82) is 0 Å². The van der Waals surface area contributed by atoms with Gasteiger partial charge in [-0.3, -0.25) is 0 Å². The molecule has 0 saturated carbocycles. The van der Waals surface area contributed by atoms with Crippen LogP contribution in [0.25, 0.3) is 0 Å². The van der Waals surface area contributed by atoms with Crippen LogP contribution in [0.15, 0.2) is 121 Å². The normalized spacial score (nSPS) is 19.3. The predicted octanol–water partition coefficient (Wildman–Crippen LogP) is 4.12. The summed E-state index contributed by atoms with van der Waals surface area (Å²) in [5, 5.41) is 0. The van der Waals surface area contributed by atoms with Crippen LogP contribution < -0.4 is 14.0 Å². The number of rotatable bonds is 8. The molecule has 35 heavy (non-hydrogen) atoms. The van der Waals surface area contributed by atoms with Crippen molar-refractivity contribution in [2.45, 2.75) is 40.6 Å². The van der Waals surface area contributed by atoms with Gasteiger partial charge in [0.15, 0.2) is 0 Å². The molecule has 1 aliphatic rings. The summed E-state index contributed by atoms with van der Waals surface area (Å²) in [7, 11) is 0. The third-order valence-electron chi connectivity index (χ3n) is 6.28. The van der Waals surface area contributed by atoms with Gasteiger partial charge in [0.1, 0.15) is 0 Å². The van der Waals surface area contributed by atoms with Crippen LogP contribution in [0.4, 0.5) is 0 Å². The average Bonchev–Trinajstić information content (AvgIpc) is 3.20. The molecule has 0 unspecified atom stereocenters. The van der Waals surface area contributed by atoms with Gasteiger partial charge in [0.2, 0.25) is 0 Å². The van der Waals surface area contributed by atoms with Crippen LogP contribution in [0, 0.1) is 0 Å². The van der Waals surface area contributed by atoms with Crippen LogP contribution in [-0.4, -0.2) is 58.4 Å². The van der Waals surface area contributed by atoms with Gasteiger partial charge in [-0.05, 0) is 0 Å². The predicted molar refractivity (Wildman–Crippen MR) is 149 cm³/mol. The van der Waals surface area contributed by atoms with Crippen molar-refractivity contribution in [3.05, 3.63) is 121 Å². The van der Waals surface area contributed by atoms with Crippen LogP contribution >= 0.6 is 0 Å². The molecular formula is C31H32O2Sb2. The molecule has 0 bridgehead atoms. The topological polar surface area (TPSA) is 18.5 Å². The fraction of sp³-hybridized carbons (Fsp3) is 0.226. The van der Waals surface area contributed by atoms with E-state index in [0.29, 0.717) is 0 Å². The Hall–Kier alpha value is -1.56. The van der Waals surface area contributed by atoms with Crippen LogP contribution in [-0.2, 0) is 9.47 Å². The van der Waals surface area contributed by atoms with Gasteiger partial charge in [0.25, 0.3) is 0 Å². The molecule has 1 fully saturated rings. The molecule has 1 heterocycles. The Balaban J connectivity index is 1.46. The van der Waals surface area contributed by atoms with Gasteiger partial charge >= 0.3 is 226 Å². The van der Waals surface area contributed by atoms with Crippen molar-refractivity contribution < 1.29 is 9.47 Å². The summed E-state index contributed by atoms with van der Waals surface area (Å²) in [5.74, 6) is -0.547. The summed E-state index contributed by atoms with van der Waals surface area (Å²) in [6.45, 7) is 4.16. The SMILES string of the molecule is CC1(C)O[C@@H]([CH2][Sb]([c]2ccccc2)[c]2ccccc2)[C@@H]([CH2][Sb]([c]2ccccc2)[c]2ccccc2)O1. The Bertz CT molecular complexity index is 1010. The van der Waals surface area contributed by atoms with E-state index >= 15 is 0 Å². The Morgan fingerprint density at radius 1 is 0.486 bits per heavy atom. The van der Waals surface area contributed by atoms with Gasteiger partial charge in [-0.25, -0.2) is 0 Å². The van der Waals surface area contributed by atoms with Crippen molar-refractivity contribution in [3.8, 4) is 0 Å². The maximum absolute atomic E-state index is 6.66. The zero-order chi connectivity index (χ0) is 24.1. The molecule has 4 aromatic rings. The van der Waals surface area contributed by atoms with Gasteiger partial charge < -0.3 is 0 Å². The van der Waals surface area contributed by atoms with E-state index in [-0.39, 0.29) is 12.2 Å². The second kappa shape index (κ2) is 11.7. The van der Waals surface area contributed by atoms with Crippen LogP contribution in [0.5, 0.6) is 0 Å². The maximum atomic E-state index is 6.66. The third kappa shape index (κ3) is 6.42. The first-order valence-corrected chi connectivity index (χ1v) is 20.9. The van der Waals surface area contributed by atoms with E-state index in [1.54, 1.807) is 0 Å². The van der Waals surface area contributed by atoms with E-state index in [2.05, 4.69) is 135 Å². The number of ether oxygens (including phenoxy) is 2. The van der Waals surface area contributed by atoms with Gasteiger partial charge in [0, 0.05) is 0 Å². The molecule has 0 spiro atoms. The molecule has 4 aromatic carbocycles. The molecule has 2 atom stereocenters. The van der Waals surface area contributed by atoms with Crippen LogP contribution in [0.1, 0.15) is 13.8 Å². The first-order chi connectivity index (χ1) is 17.1. The summed E-state index contributed by atoms with van der Waals surface area (Å²) >= 11 is -4.07. The quantitative estimate of drug-likeness (QED) is 0.261. The minimum absolute atomic E-state index is 0.118. The Labute approximate surface area is 224 Å². The summed E-state index contributed by atoms with van der Waals surface area (Å²) in [6, 6.07) is 44.5. The molecule has 5 rings (SSSR count). The molecule has 0 aromatic heterocycles. The summed E-state index contributed by atoms with van der Waals surface area (Å²) in [4.78, 5) is 0. The Morgan fingerprint density at radius 3 is 1.00 bits per heavy atom. The monoisotopic (exact) mass is 678 g/mol. The second-order valence-electron chi connectivity index (χ2n) is 9.28. The zero-order valence-corrected chi connectivity index (χ0v) is 25.4. The molecule has 0 radical (unpaired) electrons. The molecule has 0 amide bonds. The molecule has 1 aliphatic heterocycles. The van der Waals surface area contributed by atoms with Crippen molar-refractivity contribution in [2.75, 3.05) is 0 Å². The molecule has 1 saturated heterocycles. The van der Waals surface area contributed by atoms with Gasteiger partial charge in [-0.1, -0.05) is 0 Å². The minimum atomic E-state index is -2.04. The van der Waals surface area contributed by atoms with Crippen molar-refractivity contribution >= 4 is 54.5 Å². The van der Waals surface area contributed by atoms with E-state index in [1.165, 1.54) is 14.0 Å². The third-order valence-corrected chi connectivity index (χ3v) is 20.9. The average molecular weight is 680 g/mol. The van der Waals surface area contributed by atoms with E-state index in [4.69, 9.17) is 9.47 Å². The van der Waals surface area contributed by atoms with Crippen molar-refractivity contribution in [2.24, 2.45) is 0 Å². The van der Waals surface area contributed by atoms with Gasteiger partial charge in [-0.2, -0.15) is 0 Å². The first kappa shape index (κ1) is 25.1. The Kier molecular flexibility index (Phi) is 8.36. The van der Waals surface area contributed by atoms with Gasteiger partial charge in [-0.15, -0.1) is 0 Å². The molecule has 2 nitrogen and oxygen atoms in total. The first-order valence-electron chi connectivity index (χ1n) is 12.2. The van der Waals surface area contributed by atoms with Crippen molar-refractivity contribution in [3.63, 3.8) is 0 Å². The zero-order valence-electron chi connectivity index (χ0n) is 20.3. The van der Waals surface area contributed by atoms with E-state index in [1.807, 2.05) is 0 Å². The number of hydrogen-bond acceptors (Lipinski definition) is 2. The number of benzene rings is 4. The molecule has 4 heteroatoms. The second-order valence-corrected chi connectivity index (χ2v) is 22.1. The summed E-state index contributed by atoms with van der Waals surface area (Å²) in [6.07, 6.45) is 0.237.